The quantitative estimate of drug-likeness (QED) is 0.185. The van der Waals surface area contributed by atoms with Gasteiger partial charge in [-0.2, -0.15) is 0 Å². The van der Waals surface area contributed by atoms with E-state index < -0.39 is 71.3 Å². The highest BCUT2D eigenvalue weighted by atomic mass is 79.9. The highest BCUT2D eigenvalue weighted by molar-refractivity contribution is 9.09. The van der Waals surface area contributed by atoms with Gasteiger partial charge in [0.1, 0.15) is 42.2 Å². The molecule has 2 aromatic rings. The Morgan fingerprint density at radius 2 is 1.76 bits per heavy atom. The van der Waals surface area contributed by atoms with E-state index in [1.54, 1.807) is 6.92 Å². The summed E-state index contributed by atoms with van der Waals surface area (Å²) < 4.78 is 69.1. The van der Waals surface area contributed by atoms with Crippen molar-refractivity contribution in [2.24, 2.45) is 0 Å². The second-order valence-electron chi connectivity index (χ2n) is 7.81. The molecule has 0 spiro atoms. The molecule has 1 fully saturated rings. The minimum Gasteiger partial charge on any atom is -0.464 e. The van der Waals surface area contributed by atoms with Gasteiger partial charge in [-0.1, -0.05) is 21.1 Å². The van der Waals surface area contributed by atoms with Crippen LogP contribution in [0.25, 0.3) is 11.3 Å². The molecule has 1 saturated heterocycles. The Morgan fingerprint density at radius 1 is 1.08 bits per heavy atom. The third-order valence-electron chi connectivity index (χ3n) is 5.15. The number of alkyl halides is 1. The van der Waals surface area contributed by atoms with Crippen molar-refractivity contribution in [2.75, 3.05) is 19.8 Å². The summed E-state index contributed by atoms with van der Waals surface area (Å²) in [6.07, 6.45) is -1.99. The molecule has 3 rings (SSSR count). The lowest BCUT2D eigenvalue weighted by atomic mass is 9.96. The fourth-order valence-electron chi connectivity index (χ4n) is 3.65. The third-order valence-corrected chi connectivity index (χ3v) is 5.89. The molecule has 202 valence electrons. The lowest BCUT2D eigenvalue weighted by Crippen LogP contribution is -2.57. The van der Waals surface area contributed by atoms with Gasteiger partial charge in [0.05, 0.1) is 12.8 Å². The minimum atomic E-state index is -1.64. The van der Waals surface area contributed by atoms with Crippen molar-refractivity contribution in [3.05, 3.63) is 35.8 Å². The summed E-state index contributed by atoms with van der Waals surface area (Å²) in [7, 11) is 0. The average molecular weight is 594 g/mol. The number of aromatic nitrogens is 3. The van der Waals surface area contributed by atoms with Gasteiger partial charge in [0, 0.05) is 19.4 Å². The van der Waals surface area contributed by atoms with Gasteiger partial charge in [-0.05, 0) is 19.1 Å². The molecule has 15 heteroatoms. The lowest BCUT2D eigenvalue weighted by molar-refractivity contribution is -0.213. The highest BCUT2D eigenvalue weighted by Gasteiger charge is 2.50. The zero-order valence-electron chi connectivity index (χ0n) is 19.9. The van der Waals surface area contributed by atoms with Crippen LogP contribution in [0.3, 0.4) is 0 Å². The van der Waals surface area contributed by atoms with E-state index in [0.717, 1.165) is 19.1 Å². The van der Waals surface area contributed by atoms with Crippen LogP contribution in [-0.2, 0) is 38.1 Å². The lowest BCUT2D eigenvalue weighted by Gasteiger charge is -2.43. The maximum absolute atomic E-state index is 13.8. The molecular formula is C22H23BrF3N3O8. The number of hydrogen-bond acceptors (Lipinski definition) is 10. The first-order valence-corrected chi connectivity index (χ1v) is 11.9. The molecule has 0 saturated carbocycles. The van der Waals surface area contributed by atoms with E-state index in [9.17, 15) is 27.6 Å². The van der Waals surface area contributed by atoms with Crippen LogP contribution < -0.4 is 0 Å². The van der Waals surface area contributed by atoms with E-state index in [2.05, 4.69) is 26.2 Å². The van der Waals surface area contributed by atoms with Crippen LogP contribution in [0.5, 0.6) is 0 Å². The predicted molar refractivity (Wildman–Crippen MR) is 121 cm³/mol. The van der Waals surface area contributed by atoms with Crippen LogP contribution >= 0.6 is 15.9 Å². The summed E-state index contributed by atoms with van der Waals surface area (Å²) >= 11 is 3.32. The van der Waals surface area contributed by atoms with Gasteiger partial charge in [0.2, 0.25) is 0 Å². The fraction of sp³-hybridized carbons (Fsp3) is 0.500. The number of esters is 3. The molecule has 0 unspecified atom stereocenters. The summed E-state index contributed by atoms with van der Waals surface area (Å²) in [6, 6.07) is 0.436. The molecule has 2 heterocycles. The molecule has 0 amide bonds. The Hall–Kier alpha value is -3.04. The molecule has 1 aliphatic heterocycles. The minimum absolute atomic E-state index is 0.0438. The maximum Gasteiger partial charge on any atom is 0.332 e. The molecule has 5 atom stereocenters. The standard InChI is InChI=1S/C22H23BrF3N3O8/c1-4-33-17(32)9-35-21-19(20(36-11(3)31)16(37-22(21)23)8-34-10(2)30)29-7-15(27-28-29)12-5-13(24)18(26)14(25)6-12/h5-7,16,19-22H,4,8-9H2,1-3H3/t16-,19+,20+,21-,22+/m1/s1. The predicted octanol–water partition coefficient (Wildman–Crippen LogP) is 2.47. The van der Waals surface area contributed by atoms with Crippen LogP contribution in [0, 0.1) is 17.5 Å². The summed E-state index contributed by atoms with van der Waals surface area (Å²) in [6.45, 7) is 3.24. The van der Waals surface area contributed by atoms with Crippen LogP contribution in [0.15, 0.2) is 18.3 Å². The van der Waals surface area contributed by atoms with Crippen molar-refractivity contribution >= 4 is 33.8 Å². The number of ether oxygens (including phenoxy) is 5. The zero-order chi connectivity index (χ0) is 27.3. The molecule has 1 aromatic heterocycles. The fourth-order valence-corrected chi connectivity index (χ4v) is 4.40. The summed E-state index contributed by atoms with van der Waals surface area (Å²) in [5, 5.41) is 6.95. The topological polar surface area (TPSA) is 128 Å². The van der Waals surface area contributed by atoms with Crippen molar-refractivity contribution < 1.29 is 51.2 Å². The number of rotatable bonds is 9. The third kappa shape index (κ3) is 7.05. The van der Waals surface area contributed by atoms with E-state index in [-0.39, 0.29) is 24.5 Å². The summed E-state index contributed by atoms with van der Waals surface area (Å²) in [4.78, 5) is 35.3. The molecular weight excluding hydrogens is 571 g/mol. The Labute approximate surface area is 217 Å². The van der Waals surface area contributed by atoms with E-state index in [0.29, 0.717) is 0 Å². The number of carbonyl (C=O) groups excluding carboxylic acids is 3. The molecule has 1 aromatic carbocycles. The molecule has 37 heavy (non-hydrogen) atoms. The van der Waals surface area contributed by atoms with Gasteiger partial charge < -0.3 is 23.7 Å². The second kappa shape index (κ2) is 12.5. The van der Waals surface area contributed by atoms with Crippen LogP contribution in [0.1, 0.15) is 26.8 Å². The number of hydrogen-bond donors (Lipinski definition) is 0. The molecule has 1 aliphatic rings. The van der Waals surface area contributed by atoms with Crippen molar-refractivity contribution in [1.29, 1.82) is 0 Å². The first-order chi connectivity index (χ1) is 17.5. The number of nitrogens with zero attached hydrogens (tertiary/aromatic N) is 3. The van der Waals surface area contributed by atoms with Crippen LogP contribution in [0.4, 0.5) is 13.2 Å². The van der Waals surface area contributed by atoms with Gasteiger partial charge >= 0.3 is 17.9 Å². The van der Waals surface area contributed by atoms with Gasteiger partial charge in [-0.15, -0.1) is 5.10 Å². The molecule has 11 nitrogen and oxygen atoms in total. The van der Waals surface area contributed by atoms with Gasteiger partial charge in [0.25, 0.3) is 0 Å². The normalized spacial score (nSPS) is 23.4. The molecule has 0 bridgehead atoms. The van der Waals surface area contributed by atoms with Crippen molar-refractivity contribution in [3.63, 3.8) is 0 Å². The Morgan fingerprint density at radius 3 is 2.35 bits per heavy atom. The second-order valence-corrected chi connectivity index (χ2v) is 8.71. The Kier molecular flexibility index (Phi) is 9.62. The maximum atomic E-state index is 13.8. The number of benzene rings is 1. The van der Waals surface area contributed by atoms with E-state index in [4.69, 9.17) is 23.7 Å². The molecule has 0 aliphatic carbocycles. The van der Waals surface area contributed by atoms with Crippen molar-refractivity contribution in [1.82, 2.24) is 15.0 Å². The van der Waals surface area contributed by atoms with E-state index in [1.165, 1.54) is 17.8 Å². The highest BCUT2D eigenvalue weighted by Crippen LogP contribution is 2.37. The average Bonchev–Trinajstić information content (AvgIpc) is 3.30. The van der Waals surface area contributed by atoms with Crippen LogP contribution in [0.2, 0.25) is 0 Å². The number of carbonyl (C=O) groups is 3. The zero-order valence-corrected chi connectivity index (χ0v) is 21.4. The van der Waals surface area contributed by atoms with Gasteiger partial charge in [-0.3, -0.25) is 9.59 Å². The van der Waals surface area contributed by atoms with Crippen molar-refractivity contribution in [3.8, 4) is 11.3 Å². The number of halogens is 4. The molecule has 0 N–H and O–H groups in total. The van der Waals surface area contributed by atoms with Gasteiger partial charge in [-0.25, -0.2) is 22.6 Å². The summed E-state index contributed by atoms with van der Waals surface area (Å²) in [5.41, 5.74) is -0.160. The Balaban J connectivity index is 2.02. The van der Waals surface area contributed by atoms with Crippen molar-refractivity contribution in [2.45, 2.75) is 50.1 Å². The Bertz CT molecular complexity index is 1130. The van der Waals surface area contributed by atoms with Crippen LogP contribution in [-0.4, -0.2) is 76.0 Å². The SMILES string of the molecule is CCOC(=O)CO[C@@H]1[C@@H](n2cc(-c3cc(F)c(F)c(F)c3)nn2)[C@@H](OC(C)=O)[C@@H](COC(C)=O)O[C@@H]1Br. The first-order valence-electron chi connectivity index (χ1n) is 11.0. The summed E-state index contributed by atoms with van der Waals surface area (Å²) in [5.74, 6) is -6.50. The smallest absolute Gasteiger partial charge is 0.332 e. The monoisotopic (exact) mass is 593 g/mol. The largest absolute Gasteiger partial charge is 0.464 e. The molecule has 0 radical (unpaired) electrons. The van der Waals surface area contributed by atoms with E-state index >= 15 is 0 Å². The van der Waals surface area contributed by atoms with Gasteiger partial charge in [0.15, 0.2) is 23.6 Å². The van der Waals surface area contributed by atoms with E-state index in [1.807, 2.05) is 0 Å². The first kappa shape index (κ1) is 28.5.